The lowest BCUT2D eigenvalue weighted by molar-refractivity contribution is 0.0583. The predicted octanol–water partition coefficient (Wildman–Crippen LogP) is 2.25. The number of anilines is 1. The summed E-state index contributed by atoms with van der Waals surface area (Å²) < 4.78 is 8.67. The number of nitrogens with one attached hydrogen (secondary N) is 1. The summed E-state index contributed by atoms with van der Waals surface area (Å²) in [5, 5.41) is 20.2. The summed E-state index contributed by atoms with van der Waals surface area (Å²) in [7, 11) is 1.80. The molecular formula is C22H24N6O5. The average Bonchev–Trinajstić information content (AvgIpc) is 3.22. The molecule has 4 rings (SSSR count). The molecule has 11 nitrogen and oxygen atoms in total. The van der Waals surface area contributed by atoms with Crippen LogP contribution < -0.4 is 10.7 Å². The average molecular weight is 452 g/mol. The van der Waals surface area contributed by atoms with Crippen molar-refractivity contribution in [3.63, 3.8) is 0 Å². The minimum Gasteiger partial charge on any atom is -0.465 e. The maximum atomic E-state index is 12.3. The zero-order valence-electron chi connectivity index (χ0n) is 18.0. The maximum absolute atomic E-state index is 12.3. The number of carbonyl (C=O) groups excluding carboxylic acids is 1. The molecule has 11 heteroatoms. The Morgan fingerprint density at radius 1 is 1.24 bits per heavy atom. The van der Waals surface area contributed by atoms with Crippen molar-refractivity contribution in [2.45, 2.75) is 25.4 Å². The number of carboxylic acid groups (broad SMARTS) is 1. The van der Waals surface area contributed by atoms with E-state index in [0.29, 0.717) is 37.3 Å². The van der Waals surface area contributed by atoms with Gasteiger partial charge in [0.1, 0.15) is 17.5 Å². The molecule has 0 unspecified atom stereocenters. The van der Waals surface area contributed by atoms with Crippen LogP contribution in [0.25, 0.3) is 5.69 Å². The largest absolute Gasteiger partial charge is 0.465 e. The number of likely N-dealkylation sites (tertiary alicyclic amines) is 1. The van der Waals surface area contributed by atoms with Gasteiger partial charge in [0.15, 0.2) is 0 Å². The van der Waals surface area contributed by atoms with Crippen LogP contribution in [-0.4, -0.2) is 60.9 Å². The summed E-state index contributed by atoms with van der Waals surface area (Å²) in [6.45, 7) is 0.673. The number of carbonyl (C=O) groups is 2. The molecule has 2 aromatic heterocycles. The van der Waals surface area contributed by atoms with E-state index in [1.54, 1.807) is 53.2 Å². The molecule has 0 radical (unpaired) electrons. The minimum absolute atomic E-state index is 0.180. The Bertz CT molecular complexity index is 1210. The van der Waals surface area contributed by atoms with Crippen LogP contribution in [0.1, 0.15) is 24.1 Å². The highest BCUT2D eigenvalue weighted by Gasteiger charge is 2.24. The Morgan fingerprint density at radius 2 is 2.03 bits per heavy atom. The number of piperidine rings is 1. The Hall–Kier alpha value is -4.15. The van der Waals surface area contributed by atoms with Gasteiger partial charge in [0.25, 0.3) is 0 Å². The van der Waals surface area contributed by atoms with Crippen molar-refractivity contribution in [3.8, 4) is 5.69 Å². The van der Waals surface area contributed by atoms with Crippen molar-refractivity contribution in [3.05, 3.63) is 70.4 Å². The zero-order valence-corrected chi connectivity index (χ0v) is 18.0. The number of amides is 2. The third kappa shape index (κ3) is 5.56. The molecule has 2 amide bonds. The topological polar surface area (TPSA) is 132 Å². The number of nitrogens with zero attached hydrogens (tertiary/aromatic N) is 5. The molecule has 0 spiro atoms. The van der Waals surface area contributed by atoms with E-state index in [1.807, 2.05) is 6.07 Å². The number of aryl methyl sites for hydroxylation is 1. The third-order valence-electron chi connectivity index (χ3n) is 5.37. The molecule has 0 saturated carbocycles. The van der Waals surface area contributed by atoms with Gasteiger partial charge in [0.05, 0.1) is 12.4 Å². The highest BCUT2D eigenvalue weighted by atomic mass is 16.6. The maximum Gasteiger partial charge on any atom is 0.411 e. The van der Waals surface area contributed by atoms with Crippen molar-refractivity contribution >= 4 is 17.9 Å². The van der Waals surface area contributed by atoms with E-state index in [-0.39, 0.29) is 18.0 Å². The SMILES string of the molecule is Cn1cc(-n2ccc(=O)c(Cc3cccc(NC(=O)OC4CCN(C(=O)O)CC4)c3)n2)cn1. The van der Waals surface area contributed by atoms with Crippen LogP contribution in [0.5, 0.6) is 0 Å². The van der Waals surface area contributed by atoms with E-state index in [2.05, 4.69) is 15.5 Å². The second kappa shape index (κ2) is 9.55. The molecule has 1 saturated heterocycles. The van der Waals surface area contributed by atoms with Gasteiger partial charge in [-0.15, -0.1) is 0 Å². The smallest absolute Gasteiger partial charge is 0.411 e. The van der Waals surface area contributed by atoms with E-state index in [1.165, 1.54) is 11.0 Å². The number of ether oxygens (including phenoxy) is 1. The molecule has 33 heavy (non-hydrogen) atoms. The second-order valence-corrected chi connectivity index (χ2v) is 7.82. The summed E-state index contributed by atoms with van der Waals surface area (Å²) in [6.07, 6.45) is 4.36. The van der Waals surface area contributed by atoms with Gasteiger partial charge < -0.3 is 14.7 Å². The summed E-state index contributed by atoms with van der Waals surface area (Å²) in [5.41, 5.74) is 2.26. The normalized spacial score (nSPS) is 14.2. The third-order valence-corrected chi connectivity index (χ3v) is 5.37. The predicted molar refractivity (Wildman–Crippen MR) is 119 cm³/mol. The van der Waals surface area contributed by atoms with Gasteiger partial charge in [-0.3, -0.25) is 14.8 Å². The number of benzene rings is 1. The van der Waals surface area contributed by atoms with Gasteiger partial charge in [-0.05, 0) is 17.7 Å². The molecule has 0 atom stereocenters. The monoisotopic (exact) mass is 452 g/mol. The number of hydrogen-bond donors (Lipinski definition) is 2. The van der Waals surface area contributed by atoms with E-state index in [9.17, 15) is 14.4 Å². The lowest BCUT2D eigenvalue weighted by atomic mass is 10.1. The zero-order chi connectivity index (χ0) is 23.4. The van der Waals surface area contributed by atoms with E-state index in [0.717, 1.165) is 11.3 Å². The van der Waals surface area contributed by atoms with Gasteiger partial charge in [0.2, 0.25) is 5.43 Å². The van der Waals surface area contributed by atoms with Crippen LogP contribution in [0.4, 0.5) is 15.3 Å². The highest BCUT2D eigenvalue weighted by Crippen LogP contribution is 2.17. The fourth-order valence-electron chi connectivity index (χ4n) is 3.66. The summed E-state index contributed by atoms with van der Waals surface area (Å²) in [4.78, 5) is 36.9. The Kier molecular flexibility index (Phi) is 6.38. The molecule has 3 aromatic rings. The van der Waals surface area contributed by atoms with Crippen LogP contribution in [0.2, 0.25) is 0 Å². The summed E-state index contributed by atoms with van der Waals surface area (Å²) >= 11 is 0. The molecule has 0 aliphatic carbocycles. The van der Waals surface area contributed by atoms with Crippen molar-refractivity contribution < 1.29 is 19.4 Å². The van der Waals surface area contributed by atoms with Gasteiger partial charge >= 0.3 is 12.2 Å². The first-order chi connectivity index (χ1) is 15.9. The van der Waals surface area contributed by atoms with Crippen LogP contribution in [0.3, 0.4) is 0 Å². The van der Waals surface area contributed by atoms with Crippen LogP contribution in [-0.2, 0) is 18.2 Å². The molecule has 1 aliphatic heterocycles. The molecular weight excluding hydrogens is 428 g/mol. The van der Waals surface area contributed by atoms with Gasteiger partial charge in [0, 0.05) is 57.4 Å². The Labute approximate surface area is 189 Å². The number of hydrogen-bond acceptors (Lipinski definition) is 6. The Balaban J connectivity index is 1.39. The van der Waals surface area contributed by atoms with Gasteiger partial charge in [-0.1, -0.05) is 12.1 Å². The van der Waals surface area contributed by atoms with Gasteiger partial charge in [-0.25, -0.2) is 14.3 Å². The standard InChI is InChI=1S/C22H24N6O5/c1-26-14-17(13-23-26)28-10-7-20(29)19(25-28)12-15-3-2-4-16(11-15)24-21(30)33-18-5-8-27(9-6-18)22(31)32/h2-4,7,10-11,13-14,18H,5-6,8-9,12H2,1H3,(H,24,30)(H,31,32). The van der Waals surface area contributed by atoms with Crippen molar-refractivity contribution in [1.29, 1.82) is 0 Å². The van der Waals surface area contributed by atoms with E-state index < -0.39 is 12.2 Å². The molecule has 172 valence electrons. The fraction of sp³-hybridized carbons (Fsp3) is 0.318. The van der Waals surface area contributed by atoms with E-state index >= 15 is 0 Å². The van der Waals surface area contributed by atoms with E-state index in [4.69, 9.17) is 9.84 Å². The molecule has 0 bridgehead atoms. The summed E-state index contributed by atoms with van der Waals surface area (Å²) in [6, 6.07) is 8.57. The summed E-state index contributed by atoms with van der Waals surface area (Å²) in [5.74, 6) is 0. The van der Waals surface area contributed by atoms with Crippen LogP contribution >= 0.6 is 0 Å². The first kappa shape index (κ1) is 22.1. The molecule has 1 fully saturated rings. The van der Waals surface area contributed by atoms with Crippen LogP contribution in [0, 0.1) is 0 Å². The Morgan fingerprint density at radius 3 is 2.73 bits per heavy atom. The first-order valence-electron chi connectivity index (χ1n) is 10.5. The molecule has 1 aliphatic rings. The quantitative estimate of drug-likeness (QED) is 0.607. The molecule has 2 N–H and O–H groups in total. The number of rotatable bonds is 5. The fourth-order valence-corrected chi connectivity index (χ4v) is 3.66. The van der Waals surface area contributed by atoms with Crippen molar-refractivity contribution in [2.24, 2.45) is 7.05 Å². The lowest BCUT2D eigenvalue weighted by Gasteiger charge is -2.29. The highest BCUT2D eigenvalue weighted by molar-refractivity contribution is 5.84. The lowest BCUT2D eigenvalue weighted by Crippen LogP contribution is -2.41. The molecule has 1 aromatic carbocycles. The van der Waals surface area contributed by atoms with Gasteiger partial charge in [-0.2, -0.15) is 10.2 Å². The van der Waals surface area contributed by atoms with Crippen LogP contribution in [0.15, 0.2) is 53.7 Å². The second-order valence-electron chi connectivity index (χ2n) is 7.82. The first-order valence-corrected chi connectivity index (χ1v) is 10.5. The minimum atomic E-state index is -0.963. The molecule has 3 heterocycles. The van der Waals surface area contributed by atoms with Crippen molar-refractivity contribution in [1.82, 2.24) is 24.5 Å². The van der Waals surface area contributed by atoms with Crippen molar-refractivity contribution in [2.75, 3.05) is 18.4 Å². The number of aromatic nitrogens is 4.